The van der Waals surface area contributed by atoms with Gasteiger partial charge in [-0.25, -0.2) is 4.98 Å². The second-order valence-corrected chi connectivity index (χ2v) is 5.79. The molecule has 0 saturated heterocycles. The van der Waals surface area contributed by atoms with Crippen LogP contribution in [0.5, 0.6) is 0 Å². The van der Waals surface area contributed by atoms with Crippen LogP contribution in [0.15, 0.2) is 6.20 Å². The molecule has 3 rings (SSSR count). The van der Waals surface area contributed by atoms with Gasteiger partial charge in [0.1, 0.15) is 5.82 Å². The van der Waals surface area contributed by atoms with Crippen molar-refractivity contribution in [2.45, 2.75) is 32.6 Å². The highest BCUT2D eigenvalue weighted by Crippen LogP contribution is 2.48. The van der Waals surface area contributed by atoms with Crippen LogP contribution in [0.3, 0.4) is 0 Å². The van der Waals surface area contributed by atoms with Crippen molar-refractivity contribution in [2.24, 2.45) is 17.8 Å². The molecule has 0 aromatic carbocycles. The molecule has 2 N–H and O–H groups in total. The van der Waals surface area contributed by atoms with Crippen LogP contribution in [0.25, 0.3) is 0 Å². The summed E-state index contributed by atoms with van der Waals surface area (Å²) in [6.45, 7) is 3.13. The minimum atomic E-state index is 0.691. The van der Waals surface area contributed by atoms with Crippen molar-refractivity contribution in [3.8, 4) is 0 Å². The maximum atomic E-state index is 4.48. The summed E-state index contributed by atoms with van der Waals surface area (Å²) >= 11 is 0. The predicted octanol–water partition coefficient (Wildman–Crippen LogP) is 2.67. The van der Waals surface area contributed by atoms with E-state index in [9.17, 15) is 0 Å². The maximum Gasteiger partial charge on any atom is 0.224 e. The van der Waals surface area contributed by atoms with Gasteiger partial charge in [0.05, 0.1) is 0 Å². The summed E-state index contributed by atoms with van der Waals surface area (Å²) < 4.78 is 0. The summed E-state index contributed by atoms with van der Waals surface area (Å²) in [5.74, 6) is 4.51. The van der Waals surface area contributed by atoms with Gasteiger partial charge in [-0.1, -0.05) is 6.42 Å². The number of nitrogens with one attached hydrogen (secondary N) is 2. The number of aryl methyl sites for hydroxylation is 1. The van der Waals surface area contributed by atoms with Gasteiger partial charge in [-0.15, -0.1) is 0 Å². The Morgan fingerprint density at radius 1 is 1.33 bits per heavy atom. The first kappa shape index (κ1) is 11.8. The second-order valence-electron chi connectivity index (χ2n) is 5.79. The fourth-order valence-electron chi connectivity index (χ4n) is 3.60. The Morgan fingerprint density at radius 2 is 2.22 bits per heavy atom. The van der Waals surface area contributed by atoms with Crippen molar-refractivity contribution >= 4 is 11.8 Å². The summed E-state index contributed by atoms with van der Waals surface area (Å²) in [6.07, 6.45) is 7.68. The number of hydrogen-bond acceptors (Lipinski definition) is 4. The average Bonchev–Trinajstić information content (AvgIpc) is 3.00. The summed E-state index contributed by atoms with van der Waals surface area (Å²) in [7, 11) is 1.85. The van der Waals surface area contributed by atoms with Gasteiger partial charge >= 0.3 is 0 Å². The van der Waals surface area contributed by atoms with Crippen LogP contribution < -0.4 is 10.6 Å². The first-order chi connectivity index (χ1) is 8.76. The van der Waals surface area contributed by atoms with E-state index in [-0.39, 0.29) is 0 Å². The van der Waals surface area contributed by atoms with Gasteiger partial charge in [0, 0.05) is 25.4 Å². The fraction of sp³-hybridized carbons (Fsp3) is 0.714. The molecule has 4 nitrogen and oxygen atoms in total. The molecule has 4 heteroatoms. The fourth-order valence-corrected chi connectivity index (χ4v) is 3.60. The number of anilines is 2. The molecule has 1 aromatic heterocycles. The smallest absolute Gasteiger partial charge is 0.224 e. The minimum Gasteiger partial charge on any atom is -0.369 e. The molecule has 2 aliphatic carbocycles. The lowest BCUT2D eigenvalue weighted by Gasteiger charge is -2.22. The van der Waals surface area contributed by atoms with Gasteiger partial charge in [0.2, 0.25) is 5.95 Å². The SMILES string of the molecule is CNc1ncc(C)c(NCC2CC3CCC2C3)n1. The van der Waals surface area contributed by atoms with E-state index in [0.717, 1.165) is 35.7 Å². The van der Waals surface area contributed by atoms with E-state index in [1.807, 2.05) is 13.2 Å². The molecule has 0 radical (unpaired) electrons. The quantitative estimate of drug-likeness (QED) is 0.857. The Kier molecular flexibility index (Phi) is 3.10. The van der Waals surface area contributed by atoms with E-state index in [1.54, 1.807) is 0 Å². The van der Waals surface area contributed by atoms with Gasteiger partial charge in [-0.2, -0.15) is 4.98 Å². The van der Waals surface area contributed by atoms with Gasteiger partial charge in [-0.3, -0.25) is 0 Å². The van der Waals surface area contributed by atoms with Gasteiger partial charge in [-0.05, 0) is 43.9 Å². The Hall–Kier alpha value is -1.32. The second kappa shape index (κ2) is 4.75. The van der Waals surface area contributed by atoms with Crippen molar-refractivity contribution in [1.82, 2.24) is 9.97 Å². The van der Waals surface area contributed by atoms with Crippen LogP contribution in [0.2, 0.25) is 0 Å². The van der Waals surface area contributed by atoms with Gasteiger partial charge < -0.3 is 10.6 Å². The third kappa shape index (κ3) is 2.16. The predicted molar refractivity (Wildman–Crippen MR) is 73.7 cm³/mol. The molecule has 2 bridgehead atoms. The monoisotopic (exact) mass is 246 g/mol. The molecular formula is C14H22N4. The molecular weight excluding hydrogens is 224 g/mol. The van der Waals surface area contributed by atoms with E-state index < -0.39 is 0 Å². The average molecular weight is 246 g/mol. The van der Waals surface area contributed by atoms with Crippen LogP contribution in [-0.4, -0.2) is 23.6 Å². The summed E-state index contributed by atoms with van der Waals surface area (Å²) in [4.78, 5) is 8.69. The molecule has 0 spiro atoms. The highest BCUT2D eigenvalue weighted by atomic mass is 15.1. The summed E-state index contributed by atoms with van der Waals surface area (Å²) in [5, 5.41) is 6.51. The molecule has 18 heavy (non-hydrogen) atoms. The largest absolute Gasteiger partial charge is 0.369 e. The van der Waals surface area contributed by atoms with E-state index >= 15 is 0 Å². The Morgan fingerprint density at radius 3 is 2.89 bits per heavy atom. The Labute approximate surface area is 109 Å². The molecule has 1 heterocycles. The first-order valence-corrected chi connectivity index (χ1v) is 7.01. The van der Waals surface area contributed by atoms with Crippen molar-refractivity contribution < 1.29 is 0 Å². The number of aromatic nitrogens is 2. The number of fused-ring (bicyclic) bond motifs is 2. The minimum absolute atomic E-state index is 0.691. The van der Waals surface area contributed by atoms with E-state index in [4.69, 9.17) is 0 Å². The van der Waals surface area contributed by atoms with Crippen molar-refractivity contribution in [3.05, 3.63) is 11.8 Å². The van der Waals surface area contributed by atoms with E-state index in [1.165, 1.54) is 25.7 Å². The number of nitrogens with zero attached hydrogens (tertiary/aromatic N) is 2. The lowest BCUT2D eigenvalue weighted by atomic mass is 9.89. The molecule has 1 aromatic rings. The van der Waals surface area contributed by atoms with Gasteiger partial charge in [0.15, 0.2) is 0 Å². The van der Waals surface area contributed by atoms with Crippen LogP contribution in [0, 0.1) is 24.7 Å². The van der Waals surface area contributed by atoms with Crippen LogP contribution in [0.1, 0.15) is 31.2 Å². The van der Waals surface area contributed by atoms with Crippen molar-refractivity contribution in [1.29, 1.82) is 0 Å². The van der Waals surface area contributed by atoms with Gasteiger partial charge in [0.25, 0.3) is 0 Å². The standard InChI is InChI=1S/C14H22N4/c1-9-7-17-14(15-2)18-13(9)16-8-12-6-10-3-4-11(12)5-10/h7,10-12H,3-6,8H2,1-2H3,(H2,15,16,17,18). The van der Waals surface area contributed by atoms with Crippen LogP contribution in [-0.2, 0) is 0 Å². The third-order valence-electron chi connectivity index (χ3n) is 4.61. The first-order valence-electron chi connectivity index (χ1n) is 7.01. The number of rotatable bonds is 4. The normalized spacial score (nSPS) is 29.6. The zero-order valence-electron chi connectivity index (χ0n) is 11.2. The van der Waals surface area contributed by atoms with E-state index in [0.29, 0.717) is 5.95 Å². The molecule has 3 atom stereocenters. The van der Waals surface area contributed by atoms with Crippen LogP contribution >= 0.6 is 0 Å². The summed E-state index contributed by atoms with van der Waals surface area (Å²) in [6, 6.07) is 0. The van der Waals surface area contributed by atoms with E-state index in [2.05, 4.69) is 27.5 Å². The van der Waals surface area contributed by atoms with Crippen molar-refractivity contribution in [2.75, 3.05) is 24.2 Å². The Bertz CT molecular complexity index is 432. The lowest BCUT2D eigenvalue weighted by Crippen LogP contribution is -2.21. The molecule has 2 saturated carbocycles. The van der Waals surface area contributed by atoms with Crippen LogP contribution in [0.4, 0.5) is 11.8 Å². The highest BCUT2D eigenvalue weighted by molar-refractivity contribution is 5.46. The topological polar surface area (TPSA) is 49.8 Å². The lowest BCUT2D eigenvalue weighted by molar-refractivity contribution is 0.348. The third-order valence-corrected chi connectivity index (χ3v) is 4.61. The highest BCUT2D eigenvalue weighted by Gasteiger charge is 2.39. The molecule has 2 fully saturated rings. The molecule has 2 aliphatic rings. The summed E-state index contributed by atoms with van der Waals surface area (Å²) in [5.41, 5.74) is 1.12. The molecule has 3 unspecified atom stereocenters. The zero-order chi connectivity index (χ0) is 12.5. The maximum absolute atomic E-state index is 4.48. The van der Waals surface area contributed by atoms with Crippen molar-refractivity contribution in [3.63, 3.8) is 0 Å². The molecule has 0 amide bonds. The molecule has 98 valence electrons. The number of hydrogen-bond donors (Lipinski definition) is 2. The molecule has 0 aliphatic heterocycles. The Balaban J connectivity index is 1.62. The zero-order valence-corrected chi connectivity index (χ0v) is 11.2.